The molecular formula is C16H25N. The van der Waals surface area contributed by atoms with E-state index in [9.17, 15) is 0 Å². The number of nitrogens with one attached hydrogen (secondary N) is 1. The van der Waals surface area contributed by atoms with Crippen LogP contribution in [0.4, 0.5) is 0 Å². The van der Waals surface area contributed by atoms with E-state index in [1.807, 2.05) is 0 Å². The zero-order chi connectivity index (χ0) is 12.3. The number of hydrogen-bond donors (Lipinski definition) is 1. The van der Waals surface area contributed by atoms with Gasteiger partial charge in [0.1, 0.15) is 0 Å². The fraction of sp³-hybridized carbons (Fsp3) is 0.625. The number of rotatable bonds is 6. The maximum absolute atomic E-state index is 3.67. The quantitative estimate of drug-likeness (QED) is 0.789. The summed E-state index contributed by atoms with van der Waals surface area (Å²) in [7, 11) is 0. The lowest BCUT2D eigenvalue weighted by Crippen LogP contribution is -2.29. The molecule has 0 aromatic heterocycles. The minimum atomic E-state index is 0.752. The van der Waals surface area contributed by atoms with Crippen molar-refractivity contribution in [1.29, 1.82) is 0 Å². The molecule has 0 bridgehead atoms. The van der Waals surface area contributed by atoms with Crippen LogP contribution in [0.25, 0.3) is 0 Å². The molecule has 1 unspecified atom stereocenters. The molecule has 1 aromatic rings. The van der Waals surface area contributed by atoms with Gasteiger partial charge in [-0.3, -0.25) is 0 Å². The highest BCUT2D eigenvalue weighted by Gasteiger charge is 2.23. The van der Waals surface area contributed by atoms with Crippen molar-refractivity contribution >= 4 is 0 Å². The van der Waals surface area contributed by atoms with Gasteiger partial charge in [-0.25, -0.2) is 0 Å². The van der Waals surface area contributed by atoms with E-state index in [4.69, 9.17) is 0 Å². The van der Waals surface area contributed by atoms with Crippen molar-refractivity contribution in [2.24, 2.45) is 11.8 Å². The highest BCUT2D eigenvalue weighted by atomic mass is 14.9. The summed E-state index contributed by atoms with van der Waals surface area (Å²) in [5, 5.41) is 3.67. The fourth-order valence-corrected chi connectivity index (χ4v) is 2.18. The van der Waals surface area contributed by atoms with Crippen molar-refractivity contribution in [3.63, 3.8) is 0 Å². The van der Waals surface area contributed by atoms with E-state index >= 15 is 0 Å². The van der Waals surface area contributed by atoms with E-state index in [2.05, 4.69) is 50.4 Å². The standard InChI is InChI=1S/C16H25N/c1-12(2)15(11-17-16-8-9-16)10-14-6-4-13(3)5-7-14/h4-7,12,15-17H,8-11H2,1-3H3. The molecule has 1 atom stereocenters. The Labute approximate surface area is 106 Å². The van der Waals surface area contributed by atoms with E-state index in [0.29, 0.717) is 0 Å². The molecule has 0 heterocycles. The fourth-order valence-electron chi connectivity index (χ4n) is 2.18. The molecule has 2 rings (SSSR count). The van der Waals surface area contributed by atoms with Crippen LogP contribution in [0.15, 0.2) is 24.3 Å². The third-order valence-corrected chi connectivity index (χ3v) is 3.81. The first-order valence-corrected chi connectivity index (χ1v) is 6.94. The first kappa shape index (κ1) is 12.6. The predicted octanol–water partition coefficient (Wildman–Crippen LogP) is 3.56. The lowest BCUT2D eigenvalue weighted by molar-refractivity contribution is 0.359. The van der Waals surface area contributed by atoms with Gasteiger partial charge < -0.3 is 5.32 Å². The molecular weight excluding hydrogens is 206 g/mol. The Morgan fingerprint density at radius 2 is 1.82 bits per heavy atom. The minimum Gasteiger partial charge on any atom is -0.314 e. The maximum atomic E-state index is 3.67. The monoisotopic (exact) mass is 231 g/mol. The smallest absolute Gasteiger partial charge is 0.00683 e. The van der Waals surface area contributed by atoms with Crippen LogP contribution in [0.1, 0.15) is 37.8 Å². The first-order chi connectivity index (χ1) is 8.15. The van der Waals surface area contributed by atoms with Crippen molar-refractivity contribution in [1.82, 2.24) is 5.32 Å². The van der Waals surface area contributed by atoms with Crippen LogP contribution in [0.5, 0.6) is 0 Å². The number of hydrogen-bond acceptors (Lipinski definition) is 1. The molecule has 0 aliphatic heterocycles. The van der Waals surface area contributed by atoms with Crippen LogP contribution in [0.3, 0.4) is 0 Å². The Hall–Kier alpha value is -0.820. The molecule has 1 aromatic carbocycles. The zero-order valence-electron chi connectivity index (χ0n) is 11.4. The summed E-state index contributed by atoms with van der Waals surface area (Å²) in [6, 6.07) is 9.83. The summed E-state index contributed by atoms with van der Waals surface area (Å²) in [6.45, 7) is 8.01. The molecule has 1 heteroatoms. The lowest BCUT2D eigenvalue weighted by Gasteiger charge is -2.21. The minimum absolute atomic E-state index is 0.752. The molecule has 0 spiro atoms. The van der Waals surface area contributed by atoms with Crippen LogP contribution < -0.4 is 5.32 Å². The van der Waals surface area contributed by atoms with Crippen molar-refractivity contribution in [3.8, 4) is 0 Å². The summed E-state index contributed by atoms with van der Waals surface area (Å²) in [4.78, 5) is 0. The third kappa shape index (κ3) is 4.16. The van der Waals surface area contributed by atoms with Crippen molar-refractivity contribution in [2.45, 2.75) is 46.1 Å². The van der Waals surface area contributed by atoms with Crippen LogP contribution in [0, 0.1) is 18.8 Å². The summed E-state index contributed by atoms with van der Waals surface area (Å²) in [5.41, 5.74) is 2.83. The Kier molecular flexibility index (Phi) is 4.22. The Balaban J connectivity index is 1.88. The second-order valence-electron chi connectivity index (χ2n) is 5.88. The molecule has 17 heavy (non-hydrogen) atoms. The van der Waals surface area contributed by atoms with Gasteiger partial charge in [-0.1, -0.05) is 43.7 Å². The first-order valence-electron chi connectivity index (χ1n) is 6.94. The second kappa shape index (κ2) is 5.68. The van der Waals surface area contributed by atoms with Crippen molar-refractivity contribution in [2.75, 3.05) is 6.54 Å². The van der Waals surface area contributed by atoms with Gasteiger partial charge >= 0.3 is 0 Å². The highest BCUT2D eigenvalue weighted by molar-refractivity contribution is 5.21. The zero-order valence-corrected chi connectivity index (χ0v) is 11.4. The molecule has 1 aliphatic carbocycles. The molecule has 1 aliphatic rings. The summed E-state index contributed by atoms with van der Waals surface area (Å²) < 4.78 is 0. The van der Waals surface area contributed by atoms with Crippen molar-refractivity contribution in [3.05, 3.63) is 35.4 Å². The molecule has 94 valence electrons. The Morgan fingerprint density at radius 1 is 1.18 bits per heavy atom. The van der Waals surface area contributed by atoms with Crippen LogP contribution >= 0.6 is 0 Å². The van der Waals surface area contributed by atoms with Gasteiger partial charge in [0, 0.05) is 6.04 Å². The van der Waals surface area contributed by atoms with Crippen LogP contribution in [0.2, 0.25) is 0 Å². The average molecular weight is 231 g/mol. The largest absolute Gasteiger partial charge is 0.314 e. The Bertz CT molecular complexity index is 335. The SMILES string of the molecule is Cc1ccc(CC(CNC2CC2)C(C)C)cc1. The number of aryl methyl sites for hydroxylation is 1. The Morgan fingerprint density at radius 3 is 2.35 bits per heavy atom. The summed E-state index contributed by atoms with van der Waals surface area (Å²) in [5.74, 6) is 1.51. The second-order valence-corrected chi connectivity index (χ2v) is 5.88. The van der Waals surface area contributed by atoms with Gasteiger partial charge in [-0.15, -0.1) is 0 Å². The molecule has 0 amide bonds. The number of benzene rings is 1. The topological polar surface area (TPSA) is 12.0 Å². The molecule has 0 radical (unpaired) electrons. The maximum Gasteiger partial charge on any atom is 0.00683 e. The van der Waals surface area contributed by atoms with Gasteiger partial charge in [0.05, 0.1) is 0 Å². The van der Waals surface area contributed by atoms with Gasteiger partial charge in [-0.2, -0.15) is 0 Å². The molecule has 1 nitrogen and oxygen atoms in total. The van der Waals surface area contributed by atoms with E-state index in [1.165, 1.54) is 36.9 Å². The summed E-state index contributed by atoms with van der Waals surface area (Å²) >= 11 is 0. The molecule has 0 saturated heterocycles. The highest BCUT2D eigenvalue weighted by Crippen LogP contribution is 2.22. The average Bonchev–Trinajstić information content (AvgIpc) is 3.10. The van der Waals surface area contributed by atoms with Gasteiger partial charge in [-0.05, 0) is 50.1 Å². The molecule has 1 fully saturated rings. The van der Waals surface area contributed by atoms with Gasteiger partial charge in [0.2, 0.25) is 0 Å². The van der Waals surface area contributed by atoms with Crippen LogP contribution in [-0.2, 0) is 6.42 Å². The molecule has 1 saturated carbocycles. The lowest BCUT2D eigenvalue weighted by atomic mass is 9.89. The van der Waals surface area contributed by atoms with E-state index in [0.717, 1.165) is 17.9 Å². The van der Waals surface area contributed by atoms with Gasteiger partial charge in [0.15, 0.2) is 0 Å². The summed E-state index contributed by atoms with van der Waals surface area (Å²) in [6.07, 6.45) is 3.97. The normalized spacial score (nSPS) is 17.4. The van der Waals surface area contributed by atoms with E-state index < -0.39 is 0 Å². The third-order valence-electron chi connectivity index (χ3n) is 3.81. The molecule has 1 N–H and O–H groups in total. The van der Waals surface area contributed by atoms with E-state index in [1.54, 1.807) is 0 Å². The van der Waals surface area contributed by atoms with Crippen LogP contribution in [-0.4, -0.2) is 12.6 Å². The van der Waals surface area contributed by atoms with Crippen molar-refractivity contribution < 1.29 is 0 Å². The predicted molar refractivity (Wildman–Crippen MR) is 74.2 cm³/mol. The van der Waals surface area contributed by atoms with Gasteiger partial charge in [0.25, 0.3) is 0 Å². The van der Waals surface area contributed by atoms with E-state index in [-0.39, 0.29) is 0 Å².